The number of likely N-dealkylation sites (N-methyl/N-ethyl adjacent to an activating group) is 1. The number of hydrogen-bond donors (Lipinski definition) is 1. The van der Waals surface area contributed by atoms with E-state index >= 15 is 0 Å². The van der Waals surface area contributed by atoms with Gasteiger partial charge in [0.2, 0.25) is 0 Å². The molecule has 0 fully saturated rings. The third-order valence-corrected chi connectivity index (χ3v) is 4.27. The van der Waals surface area contributed by atoms with E-state index in [0.29, 0.717) is 13.2 Å². The van der Waals surface area contributed by atoms with Gasteiger partial charge in [-0.1, -0.05) is 41.7 Å². The zero-order valence-electron chi connectivity index (χ0n) is 12.0. The van der Waals surface area contributed by atoms with Gasteiger partial charge in [-0.3, -0.25) is 0 Å². The Labute approximate surface area is 124 Å². The van der Waals surface area contributed by atoms with Gasteiger partial charge >= 0.3 is 0 Å². The maximum atomic E-state index is 5.87. The number of benzene rings is 1. The zero-order chi connectivity index (χ0) is 14.4. The standard InChI is InChI=1S/C15H21N3OS/c1-3-18(9-10-19-2)15-17-14(13(11-16)20-15)12-7-5-4-6-8-12/h4-8H,3,9-11,16H2,1-2H3. The second kappa shape index (κ2) is 7.38. The molecule has 0 amide bonds. The van der Waals surface area contributed by atoms with Gasteiger partial charge in [0.05, 0.1) is 12.3 Å². The van der Waals surface area contributed by atoms with Crippen LogP contribution in [0, 0.1) is 0 Å². The summed E-state index contributed by atoms with van der Waals surface area (Å²) in [6, 6.07) is 10.2. The van der Waals surface area contributed by atoms with Crippen molar-refractivity contribution < 1.29 is 4.74 Å². The van der Waals surface area contributed by atoms with Crippen molar-refractivity contribution >= 4 is 16.5 Å². The lowest BCUT2D eigenvalue weighted by atomic mass is 10.1. The van der Waals surface area contributed by atoms with Crippen LogP contribution < -0.4 is 10.6 Å². The number of rotatable bonds is 7. The molecule has 5 heteroatoms. The molecule has 1 heterocycles. The van der Waals surface area contributed by atoms with Crippen LogP contribution in [-0.4, -0.2) is 31.8 Å². The first-order chi connectivity index (χ1) is 9.80. The number of hydrogen-bond acceptors (Lipinski definition) is 5. The minimum atomic E-state index is 0.518. The fourth-order valence-electron chi connectivity index (χ4n) is 2.03. The van der Waals surface area contributed by atoms with Crippen LogP contribution in [0.25, 0.3) is 11.3 Å². The molecule has 108 valence electrons. The van der Waals surface area contributed by atoms with E-state index in [1.807, 2.05) is 18.2 Å². The maximum absolute atomic E-state index is 5.87. The Kier molecular flexibility index (Phi) is 5.52. The van der Waals surface area contributed by atoms with E-state index in [-0.39, 0.29) is 0 Å². The van der Waals surface area contributed by atoms with Gasteiger partial charge in [0, 0.05) is 37.2 Å². The highest BCUT2D eigenvalue weighted by atomic mass is 32.1. The van der Waals surface area contributed by atoms with E-state index in [1.165, 1.54) is 0 Å². The average Bonchev–Trinajstić information content (AvgIpc) is 2.93. The average molecular weight is 291 g/mol. The first kappa shape index (κ1) is 15.0. The lowest BCUT2D eigenvalue weighted by Gasteiger charge is -2.18. The zero-order valence-corrected chi connectivity index (χ0v) is 12.8. The predicted molar refractivity (Wildman–Crippen MR) is 85.2 cm³/mol. The predicted octanol–water partition coefficient (Wildman–Crippen LogP) is 2.74. The summed E-state index contributed by atoms with van der Waals surface area (Å²) in [5.74, 6) is 0. The molecule has 0 unspecified atom stereocenters. The normalized spacial score (nSPS) is 10.8. The lowest BCUT2D eigenvalue weighted by molar-refractivity contribution is 0.205. The van der Waals surface area contributed by atoms with Crippen molar-refractivity contribution in [3.05, 3.63) is 35.2 Å². The van der Waals surface area contributed by atoms with Crippen LogP contribution >= 0.6 is 11.3 Å². The van der Waals surface area contributed by atoms with E-state index in [4.69, 9.17) is 15.5 Å². The maximum Gasteiger partial charge on any atom is 0.186 e. The number of ether oxygens (including phenoxy) is 1. The fourth-order valence-corrected chi connectivity index (χ4v) is 3.08. The summed E-state index contributed by atoms with van der Waals surface area (Å²) < 4.78 is 5.15. The van der Waals surface area contributed by atoms with Crippen molar-refractivity contribution in [1.82, 2.24) is 4.98 Å². The molecule has 2 aromatic rings. The Morgan fingerprint density at radius 1 is 1.30 bits per heavy atom. The summed E-state index contributed by atoms with van der Waals surface area (Å²) in [6.07, 6.45) is 0. The first-order valence-corrected chi connectivity index (χ1v) is 7.60. The van der Waals surface area contributed by atoms with Crippen LogP contribution in [0.4, 0.5) is 5.13 Å². The highest BCUT2D eigenvalue weighted by Crippen LogP contribution is 2.32. The van der Waals surface area contributed by atoms with Gasteiger partial charge in [0.1, 0.15) is 0 Å². The Morgan fingerprint density at radius 2 is 2.05 bits per heavy atom. The molecule has 2 N–H and O–H groups in total. The number of nitrogens with two attached hydrogens (primary N) is 1. The van der Waals surface area contributed by atoms with Gasteiger partial charge in [0.25, 0.3) is 0 Å². The fraction of sp³-hybridized carbons (Fsp3) is 0.400. The molecule has 0 radical (unpaired) electrons. The van der Waals surface area contributed by atoms with Crippen molar-refractivity contribution in [2.75, 3.05) is 31.7 Å². The smallest absolute Gasteiger partial charge is 0.186 e. The Morgan fingerprint density at radius 3 is 2.65 bits per heavy atom. The SMILES string of the molecule is CCN(CCOC)c1nc(-c2ccccc2)c(CN)s1. The van der Waals surface area contributed by atoms with Gasteiger partial charge in [-0.05, 0) is 6.92 Å². The molecular weight excluding hydrogens is 270 g/mol. The topological polar surface area (TPSA) is 51.4 Å². The second-order valence-corrected chi connectivity index (χ2v) is 5.47. The van der Waals surface area contributed by atoms with Gasteiger partial charge in [-0.25, -0.2) is 4.98 Å². The van der Waals surface area contributed by atoms with Crippen molar-refractivity contribution in [2.24, 2.45) is 5.73 Å². The van der Waals surface area contributed by atoms with Crippen LogP contribution in [0.2, 0.25) is 0 Å². The molecular formula is C15H21N3OS. The van der Waals surface area contributed by atoms with E-state index in [2.05, 4.69) is 24.0 Å². The number of nitrogens with zero attached hydrogens (tertiary/aromatic N) is 2. The third-order valence-electron chi connectivity index (χ3n) is 3.14. The molecule has 1 aromatic carbocycles. The summed E-state index contributed by atoms with van der Waals surface area (Å²) in [5.41, 5.74) is 8.00. The molecule has 1 aromatic heterocycles. The molecule has 0 aliphatic rings. The molecule has 0 aliphatic heterocycles. The summed E-state index contributed by atoms with van der Waals surface area (Å²) in [5, 5.41) is 1.02. The van der Waals surface area contributed by atoms with Gasteiger partial charge < -0.3 is 15.4 Å². The lowest BCUT2D eigenvalue weighted by Crippen LogP contribution is -2.26. The summed E-state index contributed by atoms with van der Waals surface area (Å²) in [6.45, 7) is 5.10. The Balaban J connectivity index is 2.30. The minimum absolute atomic E-state index is 0.518. The van der Waals surface area contributed by atoms with Gasteiger partial charge in [0.15, 0.2) is 5.13 Å². The molecule has 0 bridgehead atoms. The highest BCUT2D eigenvalue weighted by Gasteiger charge is 2.15. The number of methoxy groups -OCH3 is 1. The summed E-state index contributed by atoms with van der Waals surface area (Å²) >= 11 is 1.67. The van der Waals surface area contributed by atoms with Crippen LogP contribution in [0.3, 0.4) is 0 Å². The van der Waals surface area contributed by atoms with Gasteiger partial charge in [-0.2, -0.15) is 0 Å². The molecule has 20 heavy (non-hydrogen) atoms. The molecule has 4 nitrogen and oxygen atoms in total. The molecule has 0 aliphatic carbocycles. The summed E-state index contributed by atoms with van der Waals surface area (Å²) in [4.78, 5) is 8.13. The number of aromatic nitrogens is 1. The Hall–Kier alpha value is -1.43. The quantitative estimate of drug-likeness (QED) is 0.852. The van der Waals surface area contributed by atoms with Crippen molar-refractivity contribution in [3.63, 3.8) is 0 Å². The van der Waals surface area contributed by atoms with Crippen molar-refractivity contribution in [2.45, 2.75) is 13.5 Å². The van der Waals surface area contributed by atoms with Crippen LogP contribution in [0.5, 0.6) is 0 Å². The van der Waals surface area contributed by atoms with E-state index in [1.54, 1.807) is 18.4 Å². The number of anilines is 1. The minimum Gasteiger partial charge on any atom is -0.383 e. The molecule has 0 saturated carbocycles. The van der Waals surface area contributed by atoms with Crippen molar-refractivity contribution in [1.29, 1.82) is 0 Å². The molecule has 0 spiro atoms. The largest absolute Gasteiger partial charge is 0.383 e. The molecule has 0 atom stereocenters. The second-order valence-electron chi connectivity index (χ2n) is 4.41. The summed E-state index contributed by atoms with van der Waals surface area (Å²) in [7, 11) is 1.72. The van der Waals surface area contributed by atoms with Crippen LogP contribution in [0.1, 0.15) is 11.8 Å². The van der Waals surface area contributed by atoms with E-state index in [0.717, 1.165) is 34.4 Å². The van der Waals surface area contributed by atoms with Crippen molar-refractivity contribution in [3.8, 4) is 11.3 Å². The molecule has 0 saturated heterocycles. The van der Waals surface area contributed by atoms with Crippen LogP contribution in [-0.2, 0) is 11.3 Å². The van der Waals surface area contributed by atoms with Crippen LogP contribution in [0.15, 0.2) is 30.3 Å². The monoisotopic (exact) mass is 291 g/mol. The Bertz CT molecular complexity index is 527. The first-order valence-electron chi connectivity index (χ1n) is 6.79. The van der Waals surface area contributed by atoms with Gasteiger partial charge in [-0.15, -0.1) is 0 Å². The number of thiazole rings is 1. The highest BCUT2D eigenvalue weighted by molar-refractivity contribution is 7.16. The third kappa shape index (κ3) is 3.36. The van der Waals surface area contributed by atoms with E-state index < -0.39 is 0 Å². The van der Waals surface area contributed by atoms with E-state index in [9.17, 15) is 0 Å². The molecule has 2 rings (SSSR count).